The van der Waals surface area contributed by atoms with Gasteiger partial charge in [0.1, 0.15) is 10.8 Å². The molecule has 3 aromatic rings. The number of ether oxygens (including phenoxy) is 1. The smallest absolute Gasteiger partial charge is 0.228 e. The van der Waals surface area contributed by atoms with E-state index in [0.717, 1.165) is 50.1 Å². The van der Waals surface area contributed by atoms with Gasteiger partial charge in [-0.3, -0.25) is 9.69 Å². The topological polar surface area (TPSA) is 54.5 Å². The van der Waals surface area contributed by atoms with Crippen molar-refractivity contribution in [1.29, 1.82) is 0 Å². The van der Waals surface area contributed by atoms with Crippen LogP contribution in [0.1, 0.15) is 24.3 Å². The molecule has 2 aromatic carbocycles. The van der Waals surface area contributed by atoms with Gasteiger partial charge in [-0.25, -0.2) is 4.98 Å². The SMILES string of the molecule is COc1ccc(NC(=O)C2CC23CCN(Cc2nc4ccccc4s2)CC3)cc1Cl. The van der Waals surface area contributed by atoms with E-state index in [9.17, 15) is 4.79 Å². The molecule has 2 heterocycles. The quantitative estimate of drug-likeness (QED) is 0.591. The summed E-state index contributed by atoms with van der Waals surface area (Å²) < 4.78 is 6.42. The second-order valence-electron chi connectivity index (χ2n) is 8.31. The zero-order valence-corrected chi connectivity index (χ0v) is 18.4. The highest BCUT2D eigenvalue weighted by atomic mass is 35.5. The van der Waals surface area contributed by atoms with Gasteiger partial charge in [0.2, 0.25) is 5.91 Å². The number of hydrogen-bond donors (Lipinski definition) is 1. The Bertz CT molecular complexity index is 1060. The molecule has 1 saturated heterocycles. The van der Waals surface area contributed by atoms with E-state index >= 15 is 0 Å². The molecule has 1 spiro atoms. The highest BCUT2D eigenvalue weighted by Gasteiger charge is 2.58. The molecule has 1 N–H and O–H groups in total. The number of rotatable bonds is 5. The lowest BCUT2D eigenvalue weighted by Crippen LogP contribution is -2.35. The first kappa shape index (κ1) is 19.8. The number of likely N-dealkylation sites (tertiary alicyclic amines) is 1. The van der Waals surface area contributed by atoms with Crippen molar-refractivity contribution in [1.82, 2.24) is 9.88 Å². The van der Waals surface area contributed by atoms with E-state index < -0.39 is 0 Å². The van der Waals surface area contributed by atoms with Crippen molar-refractivity contribution in [2.45, 2.75) is 25.8 Å². The normalized spacial score (nSPS) is 20.4. The van der Waals surface area contributed by atoms with Crippen LogP contribution in [0.3, 0.4) is 0 Å². The van der Waals surface area contributed by atoms with E-state index in [1.165, 1.54) is 9.71 Å². The summed E-state index contributed by atoms with van der Waals surface area (Å²) in [4.78, 5) is 20.0. The number of piperidine rings is 1. The third kappa shape index (κ3) is 3.80. The van der Waals surface area contributed by atoms with Gasteiger partial charge in [-0.2, -0.15) is 0 Å². The Labute approximate surface area is 185 Å². The number of nitrogens with one attached hydrogen (secondary N) is 1. The summed E-state index contributed by atoms with van der Waals surface area (Å²) in [7, 11) is 1.58. The Kier molecular flexibility index (Phi) is 5.17. The number of para-hydroxylation sites is 1. The number of nitrogens with zero attached hydrogens (tertiary/aromatic N) is 2. The van der Waals surface area contributed by atoms with Gasteiger partial charge in [-0.15, -0.1) is 11.3 Å². The van der Waals surface area contributed by atoms with E-state index in [4.69, 9.17) is 21.3 Å². The number of halogens is 1. The molecule has 1 atom stereocenters. The van der Waals surface area contributed by atoms with Crippen LogP contribution in [0.15, 0.2) is 42.5 Å². The summed E-state index contributed by atoms with van der Waals surface area (Å²) in [5.41, 5.74) is 1.98. The number of amides is 1. The van der Waals surface area contributed by atoms with Crippen molar-refractivity contribution in [3.63, 3.8) is 0 Å². The molecule has 1 unspecified atom stereocenters. The van der Waals surface area contributed by atoms with Crippen LogP contribution in [0.5, 0.6) is 5.75 Å². The molecule has 156 valence electrons. The van der Waals surface area contributed by atoms with Crippen LogP contribution in [0.4, 0.5) is 5.69 Å². The van der Waals surface area contributed by atoms with Crippen LogP contribution in [-0.4, -0.2) is 36.0 Å². The molecule has 0 bridgehead atoms. The predicted octanol–water partition coefficient (Wildman–Crippen LogP) is 5.20. The zero-order valence-electron chi connectivity index (χ0n) is 16.9. The minimum Gasteiger partial charge on any atom is -0.495 e. The van der Waals surface area contributed by atoms with Gasteiger partial charge >= 0.3 is 0 Å². The second-order valence-corrected chi connectivity index (χ2v) is 9.83. The van der Waals surface area contributed by atoms with E-state index in [-0.39, 0.29) is 17.2 Å². The lowest BCUT2D eigenvalue weighted by atomic mass is 9.90. The van der Waals surface area contributed by atoms with Crippen LogP contribution >= 0.6 is 22.9 Å². The number of methoxy groups -OCH3 is 1. The van der Waals surface area contributed by atoms with Gasteiger partial charge in [0.25, 0.3) is 0 Å². The number of thiazole rings is 1. The maximum absolute atomic E-state index is 12.8. The monoisotopic (exact) mass is 441 g/mol. The Morgan fingerprint density at radius 1 is 1.30 bits per heavy atom. The highest BCUT2D eigenvalue weighted by Crippen LogP contribution is 2.59. The number of benzene rings is 2. The average Bonchev–Trinajstić information content (AvgIpc) is 3.29. The number of anilines is 1. The maximum atomic E-state index is 12.8. The van der Waals surface area contributed by atoms with Crippen molar-refractivity contribution >= 4 is 44.7 Å². The lowest BCUT2D eigenvalue weighted by molar-refractivity contribution is -0.118. The first-order valence-electron chi connectivity index (χ1n) is 10.3. The molecular formula is C23H24ClN3O2S. The number of carbonyl (C=O) groups excluding carboxylic acids is 1. The molecule has 1 aromatic heterocycles. The summed E-state index contributed by atoms with van der Waals surface area (Å²) in [6.07, 6.45) is 3.12. The van der Waals surface area contributed by atoms with E-state index in [2.05, 4.69) is 28.4 Å². The first-order chi connectivity index (χ1) is 14.6. The Balaban J connectivity index is 1.16. The summed E-state index contributed by atoms with van der Waals surface area (Å²) in [5, 5.41) is 4.71. The highest BCUT2D eigenvalue weighted by molar-refractivity contribution is 7.18. The Hall–Kier alpha value is -2.15. The fraction of sp³-hybridized carbons (Fsp3) is 0.391. The minimum absolute atomic E-state index is 0.1000. The number of aromatic nitrogens is 1. The third-order valence-electron chi connectivity index (χ3n) is 6.47. The molecule has 1 amide bonds. The zero-order chi connectivity index (χ0) is 20.7. The fourth-order valence-corrected chi connectivity index (χ4v) is 5.85. The number of carbonyl (C=O) groups is 1. The van der Waals surface area contributed by atoms with Gasteiger partial charge < -0.3 is 10.1 Å². The standard InChI is InChI=1S/C23H24ClN3O2S/c1-29-19-7-6-15(12-17(19)24)25-22(28)16-13-23(16)8-10-27(11-9-23)14-21-26-18-4-2-3-5-20(18)30-21/h2-7,12,16H,8-11,13-14H2,1H3,(H,25,28). The largest absolute Gasteiger partial charge is 0.495 e. The molecule has 2 fully saturated rings. The molecule has 7 heteroatoms. The van der Waals surface area contributed by atoms with E-state index in [0.29, 0.717) is 10.8 Å². The van der Waals surface area contributed by atoms with Crippen LogP contribution < -0.4 is 10.1 Å². The molecule has 5 nitrogen and oxygen atoms in total. The number of fused-ring (bicyclic) bond motifs is 1. The Morgan fingerprint density at radius 2 is 2.10 bits per heavy atom. The van der Waals surface area contributed by atoms with E-state index in [1.807, 2.05) is 12.1 Å². The van der Waals surface area contributed by atoms with Crippen LogP contribution in [0, 0.1) is 11.3 Å². The van der Waals surface area contributed by atoms with Gasteiger partial charge in [0.15, 0.2) is 0 Å². The average molecular weight is 442 g/mol. The van der Waals surface area contributed by atoms with Crippen molar-refractivity contribution < 1.29 is 9.53 Å². The molecule has 1 saturated carbocycles. The summed E-state index contributed by atoms with van der Waals surface area (Å²) in [6.45, 7) is 2.94. The summed E-state index contributed by atoms with van der Waals surface area (Å²) in [5.74, 6) is 0.817. The van der Waals surface area contributed by atoms with Crippen molar-refractivity contribution in [3.8, 4) is 5.75 Å². The van der Waals surface area contributed by atoms with Crippen molar-refractivity contribution in [2.24, 2.45) is 11.3 Å². The van der Waals surface area contributed by atoms with Gasteiger partial charge in [-0.05, 0) is 68.1 Å². The summed E-state index contributed by atoms with van der Waals surface area (Å²) in [6, 6.07) is 13.7. The first-order valence-corrected chi connectivity index (χ1v) is 11.5. The molecular weight excluding hydrogens is 418 g/mol. The van der Waals surface area contributed by atoms with Gasteiger partial charge in [0, 0.05) is 11.6 Å². The molecule has 5 rings (SSSR count). The molecule has 0 radical (unpaired) electrons. The Morgan fingerprint density at radius 3 is 2.83 bits per heavy atom. The van der Waals surface area contributed by atoms with Crippen molar-refractivity contribution in [3.05, 3.63) is 52.5 Å². The molecule has 1 aliphatic heterocycles. The van der Waals surface area contributed by atoms with E-state index in [1.54, 1.807) is 30.6 Å². The number of hydrogen-bond acceptors (Lipinski definition) is 5. The predicted molar refractivity (Wildman–Crippen MR) is 121 cm³/mol. The molecule has 30 heavy (non-hydrogen) atoms. The van der Waals surface area contributed by atoms with Crippen LogP contribution in [-0.2, 0) is 11.3 Å². The maximum Gasteiger partial charge on any atom is 0.228 e. The minimum atomic E-state index is 0.1000. The van der Waals surface area contributed by atoms with Crippen LogP contribution in [0.2, 0.25) is 5.02 Å². The van der Waals surface area contributed by atoms with Gasteiger partial charge in [-0.1, -0.05) is 23.7 Å². The third-order valence-corrected chi connectivity index (χ3v) is 7.79. The fourth-order valence-electron chi connectivity index (χ4n) is 4.58. The molecule has 2 aliphatic rings. The molecule has 1 aliphatic carbocycles. The van der Waals surface area contributed by atoms with Crippen LogP contribution in [0.25, 0.3) is 10.2 Å². The second kappa shape index (κ2) is 7.84. The summed E-state index contributed by atoms with van der Waals surface area (Å²) >= 11 is 7.95. The lowest BCUT2D eigenvalue weighted by Gasteiger charge is -2.32. The van der Waals surface area contributed by atoms with Gasteiger partial charge in [0.05, 0.1) is 28.9 Å². The van der Waals surface area contributed by atoms with Crippen molar-refractivity contribution in [2.75, 3.05) is 25.5 Å².